The molecule has 2 rings (SSSR count). The second-order valence-corrected chi connectivity index (χ2v) is 5.74. The van der Waals surface area contributed by atoms with Crippen LogP contribution >= 0.6 is 23.2 Å². The molecule has 0 aromatic heterocycles. The summed E-state index contributed by atoms with van der Waals surface area (Å²) in [6, 6.07) is 6.54. The summed E-state index contributed by atoms with van der Waals surface area (Å²) in [6.07, 6.45) is 2.48. The van der Waals surface area contributed by atoms with Crippen LogP contribution in [0.15, 0.2) is 18.2 Å². The lowest BCUT2D eigenvalue weighted by Crippen LogP contribution is -2.50. The molecular weight excluding hydrogens is 267 g/mol. The minimum atomic E-state index is 0.629. The van der Waals surface area contributed by atoms with Crippen molar-refractivity contribution in [2.24, 2.45) is 0 Å². The van der Waals surface area contributed by atoms with Crippen molar-refractivity contribution >= 4 is 23.2 Å². The van der Waals surface area contributed by atoms with E-state index < -0.39 is 0 Å². The average Bonchev–Trinajstić information content (AvgIpc) is 2.35. The summed E-state index contributed by atoms with van der Waals surface area (Å²) in [5.74, 6) is 0. The molecule has 1 fully saturated rings. The predicted molar refractivity (Wildman–Crippen MR) is 78.4 cm³/mol. The quantitative estimate of drug-likeness (QED) is 0.910. The molecule has 4 heteroatoms. The lowest BCUT2D eigenvalue weighted by atomic mass is 10.1. The van der Waals surface area contributed by atoms with Gasteiger partial charge in [-0.25, -0.2) is 0 Å². The lowest BCUT2D eigenvalue weighted by Gasteiger charge is -2.33. The van der Waals surface area contributed by atoms with E-state index in [0.717, 1.165) is 26.2 Å². The first-order valence-corrected chi connectivity index (χ1v) is 7.34. The highest BCUT2D eigenvalue weighted by Crippen LogP contribution is 2.23. The topological polar surface area (TPSA) is 15.3 Å². The van der Waals surface area contributed by atoms with Crippen LogP contribution in [-0.4, -0.2) is 30.6 Å². The van der Waals surface area contributed by atoms with Crippen LogP contribution in [0, 0.1) is 0 Å². The zero-order valence-electron chi connectivity index (χ0n) is 10.8. The molecule has 1 aliphatic heterocycles. The largest absolute Gasteiger partial charge is 0.311 e. The van der Waals surface area contributed by atoms with Gasteiger partial charge in [-0.1, -0.05) is 42.6 Å². The maximum absolute atomic E-state index is 6.05. The molecule has 1 aromatic carbocycles. The van der Waals surface area contributed by atoms with Crippen LogP contribution in [-0.2, 0) is 6.54 Å². The zero-order valence-corrected chi connectivity index (χ0v) is 12.3. The van der Waals surface area contributed by atoms with E-state index in [9.17, 15) is 0 Å². The number of halogens is 2. The third-order valence-electron chi connectivity index (χ3n) is 3.37. The zero-order chi connectivity index (χ0) is 13.0. The minimum Gasteiger partial charge on any atom is -0.311 e. The van der Waals surface area contributed by atoms with Crippen molar-refractivity contribution in [2.75, 3.05) is 19.6 Å². The summed E-state index contributed by atoms with van der Waals surface area (Å²) in [5.41, 5.74) is 1.24. The number of hydrogen-bond acceptors (Lipinski definition) is 2. The third kappa shape index (κ3) is 3.86. The number of benzene rings is 1. The fourth-order valence-corrected chi connectivity index (χ4v) is 2.80. The van der Waals surface area contributed by atoms with E-state index in [4.69, 9.17) is 23.2 Å². The molecule has 0 bridgehead atoms. The Morgan fingerprint density at radius 2 is 2.17 bits per heavy atom. The van der Waals surface area contributed by atoms with Gasteiger partial charge in [-0.05, 0) is 24.1 Å². The Morgan fingerprint density at radius 1 is 1.33 bits per heavy atom. The van der Waals surface area contributed by atoms with Gasteiger partial charge in [0, 0.05) is 32.2 Å². The van der Waals surface area contributed by atoms with Gasteiger partial charge in [-0.3, -0.25) is 4.90 Å². The van der Waals surface area contributed by atoms with E-state index >= 15 is 0 Å². The van der Waals surface area contributed by atoms with Gasteiger partial charge >= 0.3 is 0 Å². The average molecular weight is 287 g/mol. The summed E-state index contributed by atoms with van der Waals surface area (Å²) in [5, 5.41) is 4.84. The molecule has 1 aliphatic rings. The van der Waals surface area contributed by atoms with Crippen molar-refractivity contribution in [1.29, 1.82) is 0 Å². The highest BCUT2D eigenvalue weighted by molar-refractivity contribution is 6.42. The van der Waals surface area contributed by atoms with Gasteiger partial charge < -0.3 is 5.32 Å². The molecule has 0 radical (unpaired) electrons. The van der Waals surface area contributed by atoms with Gasteiger partial charge in [0.1, 0.15) is 0 Å². The van der Waals surface area contributed by atoms with Gasteiger partial charge in [0.15, 0.2) is 0 Å². The molecule has 1 N–H and O–H groups in total. The maximum Gasteiger partial charge on any atom is 0.0595 e. The normalized spacial score (nSPS) is 21.2. The van der Waals surface area contributed by atoms with Crippen LogP contribution < -0.4 is 5.32 Å². The van der Waals surface area contributed by atoms with Crippen LogP contribution in [0.25, 0.3) is 0 Å². The van der Waals surface area contributed by atoms with Gasteiger partial charge in [0.25, 0.3) is 0 Å². The Morgan fingerprint density at radius 3 is 2.89 bits per heavy atom. The first-order chi connectivity index (χ1) is 8.69. The summed E-state index contributed by atoms with van der Waals surface area (Å²) >= 11 is 12.0. The molecule has 1 heterocycles. The third-order valence-corrected chi connectivity index (χ3v) is 4.11. The standard InChI is InChI=1S/C14H20Cl2N2/c1-2-3-12-10-18(7-6-17-12)9-11-4-5-13(15)14(16)8-11/h4-5,8,12,17H,2-3,6-7,9-10H2,1H3. The molecule has 1 unspecified atom stereocenters. The Hall–Kier alpha value is -0.280. The highest BCUT2D eigenvalue weighted by atomic mass is 35.5. The number of hydrogen-bond donors (Lipinski definition) is 1. The van der Waals surface area contributed by atoms with Gasteiger partial charge in [0.05, 0.1) is 10.0 Å². The Bertz CT molecular complexity index is 393. The first-order valence-electron chi connectivity index (χ1n) is 6.58. The van der Waals surface area contributed by atoms with Crippen molar-refractivity contribution < 1.29 is 0 Å². The van der Waals surface area contributed by atoms with Crippen molar-refractivity contribution in [3.63, 3.8) is 0 Å². The fraction of sp³-hybridized carbons (Fsp3) is 0.571. The molecule has 0 amide bonds. The van der Waals surface area contributed by atoms with E-state index in [-0.39, 0.29) is 0 Å². The van der Waals surface area contributed by atoms with Crippen LogP contribution in [0.4, 0.5) is 0 Å². The second kappa shape index (κ2) is 6.76. The van der Waals surface area contributed by atoms with Gasteiger partial charge in [-0.2, -0.15) is 0 Å². The molecule has 1 saturated heterocycles. The molecule has 100 valence electrons. The SMILES string of the molecule is CCCC1CN(Cc2ccc(Cl)c(Cl)c2)CCN1. The van der Waals surface area contributed by atoms with E-state index in [1.165, 1.54) is 18.4 Å². The maximum atomic E-state index is 6.05. The number of nitrogens with zero attached hydrogens (tertiary/aromatic N) is 1. The van der Waals surface area contributed by atoms with Gasteiger partial charge in [0.2, 0.25) is 0 Å². The molecule has 1 atom stereocenters. The molecule has 2 nitrogen and oxygen atoms in total. The van der Waals surface area contributed by atoms with Crippen LogP contribution in [0.5, 0.6) is 0 Å². The van der Waals surface area contributed by atoms with E-state index in [1.807, 2.05) is 12.1 Å². The lowest BCUT2D eigenvalue weighted by molar-refractivity contribution is 0.187. The fourth-order valence-electron chi connectivity index (χ4n) is 2.48. The van der Waals surface area contributed by atoms with Crippen molar-refractivity contribution in [1.82, 2.24) is 10.2 Å². The number of rotatable bonds is 4. The van der Waals surface area contributed by atoms with E-state index in [0.29, 0.717) is 16.1 Å². The summed E-state index contributed by atoms with van der Waals surface area (Å²) in [7, 11) is 0. The smallest absolute Gasteiger partial charge is 0.0595 e. The second-order valence-electron chi connectivity index (χ2n) is 4.92. The molecule has 0 saturated carbocycles. The van der Waals surface area contributed by atoms with Crippen LogP contribution in [0.2, 0.25) is 10.0 Å². The van der Waals surface area contributed by atoms with E-state index in [2.05, 4.69) is 23.2 Å². The van der Waals surface area contributed by atoms with Gasteiger partial charge in [-0.15, -0.1) is 0 Å². The Balaban J connectivity index is 1.93. The molecule has 18 heavy (non-hydrogen) atoms. The van der Waals surface area contributed by atoms with Crippen molar-refractivity contribution in [3.05, 3.63) is 33.8 Å². The van der Waals surface area contributed by atoms with E-state index in [1.54, 1.807) is 0 Å². The van der Waals surface area contributed by atoms with Crippen LogP contribution in [0.3, 0.4) is 0 Å². The molecule has 1 aromatic rings. The first kappa shape index (κ1) is 14.1. The predicted octanol–water partition coefficient (Wildman–Crippen LogP) is 3.57. The summed E-state index contributed by atoms with van der Waals surface area (Å²) < 4.78 is 0. The Labute approximate surface area is 119 Å². The highest BCUT2D eigenvalue weighted by Gasteiger charge is 2.18. The van der Waals surface area contributed by atoms with Crippen LogP contribution in [0.1, 0.15) is 25.3 Å². The monoisotopic (exact) mass is 286 g/mol. The molecule has 0 aliphatic carbocycles. The minimum absolute atomic E-state index is 0.629. The molecular formula is C14H20Cl2N2. The summed E-state index contributed by atoms with van der Waals surface area (Å²) in [6.45, 7) is 6.49. The van der Waals surface area contributed by atoms with Crippen molar-refractivity contribution in [3.8, 4) is 0 Å². The Kier molecular flexibility index (Phi) is 5.31. The molecule has 0 spiro atoms. The summed E-state index contributed by atoms with van der Waals surface area (Å²) in [4.78, 5) is 2.48. The number of piperazine rings is 1. The number of nitrogens with one attached hydrogen (secondary N) is 1. The van der Waals surface area contributed by atoms with Crippen molar-refractivity contribution in [2.45, 2.75) is 32.4 Å².